The number of benzene rings is 2. The van der Waals surface area contributed by atoms with Gasteiger partial charge in [0.05, 0.1) is 10.6 Å². The highest BCUT2D eigenvalue weighted by Gasteiger charge is 2.17. The summed E-state index contributed by atoms with van der Waals surface area (Å²) in [6.07, 6.45) is 0. The Labute approximate surface area is 115 Å². The summed E-state index contributed by atoms with van der Waals surface area (Å²) in [7, 11) is -4.03. The number of hydrogen-bond acceptors (Lipinski definition) is 3. The van der Waals surface area contributed by atoms with Crippen LogP contribution in [0, 0.1) is 18.6 Å². The van der Waals surface area contributed by atoms with E-state index in [1.54, 1.807) is 0 Å². The summed E-state index contributed by atoms with van der Waals surface area (Å²) < 4.78 is 52.9. The van der Waals surface area contributed by atoms with Crippen molar-refractivity contribution in [2.45, 2.75) is 11.8 Å². The van der Waals surface area contributed by atoms with Crippen molar-refractivity contribution in [2.75, 3.05) is 10.5 Å². The quantitative estimate of drug-likeness (QED) is 0.856. The molecule has 0 aliphatic heterocycles. The Morgan fingerprint density at radius 1 is 1.15 bits per heavy atom. The van der Waals surface area contributed by atoms with Gasteiger partial charge in [0.25, 0.3) is 10.0 Å². The molecule has 0 unspecified atom stereocenters. The van der Waals surface area contributed by atoms with Gasteiger partial charge in [-0.1, -0.05) is 6.07 Å². The summed E-state index contributed by atoms with van der Waals surface area (Å²) in [5, 5.41) is 0. The molecular formula is C13H12F2N2O2S. The van der Waals surface area contributed by atoms with Crippen LogP contribution in [0.4, 0.5) is 20.2 Å². The highest BCUT2D eigenvalue weighted by molar-refractivity contribution is 7.92. The predicted octanol–water partition coefficient (Wildman–Crippen LogP) is 2.66. The van der Waals surface area contributed by atoms with Gasteiger partial charge < -0.3 is 5.73 Å². The molecule has 20 heavy (non-hydrogen) atoms. The lowest BCUT2D eigenvalue weighted by atomic mass is 10.2. The Hall–Kier alpha value is -2.15. The number of nitrogens with two attached hydrogens (primary N) is 1. The summed E-state index contributed by atoms with van der Waals surface area (Å²) in [5.41, 5.74) is 5.80. The van der Waals surface area contributed by atoms with E-state index in [0.717, 1.165) is 18.2 Å². The summed E-state index contributed by atoms with van der Waals surface area (Å²) in [6, 6.07) is 6.96. The molecule has 0 aliphatic carbocycles. The third kappa shape index (κ3) is 2.88. The van der Waals surface area contributed by atoms with E-state index in [9.17, 15) is 17.2 Å². The average Bonchev–Trinajstić information content (AvgIpc) is 2.34. The summed E-state index contributed by atoms with van der Waals surface area (Å²) >= 11 is 0. The van der Waals surface area contributed by atoms with E-state index in [-0.39, 0.29) is 21.8 Å². The van der Waals surface area contributed by atoms with E-state index in [4.69, 9.17) is 5.73 Å². The molecule has 4 nitrogen and oxygen atoms in total. The smallest absolute Gasteiger partial charge is 0.262 e. The minimum absolute atomic E-state index is 0.0321. The highest BCUT2D eigenvalue weighted by Crippen LogP contribution is 2.23. The van der Waals surface area contributed by atoms with Crippen molar-refractivity contribution in [3.05, 3.63) is 53.6 Å². The summed E-state index contributed by atoms with van der Waals surface area (Å²) in [4.78, 5) is -0.317. The number of anilines is 2. The van der Waals surface area contributed by atoms with Crippen LogP contribution in [0.2, 0.25) is 0 Å². The molecule has 0 aliphatic rings. The van der Waals surface area contributed by atoms with E-state index in [1.807, 2.05) is 0 Å². The maximum absolute atomic E-state index is 13.5. The molecule has 0 bridgehead atoms. The van der Waals surface area contributed by atoms with Gasteiger partial charge in [-0.15, -0.1) is 0 Å². The molecule has 2 rings (SSSR count). The first kappa shape index (κ1) is 14.3. The van der Waals surface area contributed by atoms with Crippen LogP contribution >= 0.6 is 0 Å². The molecule has 106 valence electrons. The number of sulfonamides is 1. The Morgan fingerprint density at radius 2 is 1.85 bits per heavy atom. The van der Waals surface area contributed by atoms with Crippen molar-refractivity contribution in [3.8, 4) is 0 Å². The Bertz CT molecular complexity index is 738. The molecule has 2 aromatic carbocycles. The minimum atomic E-state index is -4.03. The second-order valence-corrected chi connectivity index (χ2v) is 5.92. The second-order valence-electron chi connectivity index (χ2n) is 4.24. The van der Waals surface area contributed by atoms with Crippen molar-refractivity contribution >= 4 is 21.4 Å². The molecule has 3 N–H and O–H groups in total. The lowest BCUT2D eigenvalue weighted by Crippen LogP contribution is -2.14. The van der Waals surface area contributed by atoms with Gasteiger partial charge >= 0.3 is 0 Å². The van der Waals surface area contributed by atoms with E-state index in [2.05, 4.69) is 4.72 Å². The molecular weight excluding hydrogens is 286 g/mol. The maximum atomic E-state index is 13.5. The Morgan fingerprint density at radius 3 is 2.45 bits per heavy atom. The van der Waals surface area contributed by atoms with Crippen LogP contribution < -0.4 is 10.5 Å². The van der Waals surface area contributed by atoms with Crippen molar-refractivity contribution < 1.29 is 17.2 Å². The van der Waals surface area contributed by atoms with Crippen molar-refractivity contribution in [2.24, 2.45) is 0 Å². The van der Waals surface area contributed by atoms with Gasteiger partial charge in [-0.25, -0.2) is 17.2 Å². The zero-order chi connectivity index (χ0) is 14.9. The van der Waals surface area contributed by atoms with Gasteiger partial charge in [0.15, 0.2) is 0 Å². The zero-order valence-electron chi connectivity index (χ0n) is 10.5. The lowest BCUT2D eigenvalue weighted by molar-refractivity contribution is 0.593. The fraction of sp³-hybridized carbons (Fsp3) is 0.0769. The van der Waals surface area contributed by atoms with Crippen molar-refractivity contribution in [1.82, 2.24) is 0 Å². The largest absolute Gasteiger partial charge is 0.398 e. The normalized spacial score (nSPS) is 11.3. The van der Waals surface area contributed by atoms with E-state index in [1.165, 1.54) is 25.1 Å². The third-order valence-electron chi connectivity index (χ3n) is 2.75. The van der Waals surface area contributed by atoms with E-state index < -0.39 is 21.7 Å². The van der Waals surface area contributed by atoms with Crippen LogP contribution in [0.15, 0.2) is 41.3 Å². The molecule has 0 amide bonds. The first-order valence-electron chi connectivity index (χ1n) is 5.63. The predicted molar refractivity (Wildman–Crippen MR) is 72.8 cm³/mol. The standard InChI is InChI=1S/C13H12F2N2O2S/c1-8-12(15)6-11(7-13(8)16)20(18,19)17-10-4-2-3-9(14)5-10/h2-7,17H,16H2,1H3. The number of hydrogen-bond donors (Lipinski definition) is 2. The van der Waals surface area contributed by atoms with Gasteiger partial charge in [0, 0.05) is 11.3 Å². The summed E-state index contributed by atoms with van der Waals surface area (Å²) in [6.45, 7) is 1.45. The van der Waals surface area contributed by atoms with Crippen LogP contribution in [0.3, 0.4) is 0 Å². The van der Waals surface area contributed by atoms with Crippen molar-refractivity contribution in [3.63, 3.8) is 0 Å². The van der Waals surface area contributed by atoms with Gasteiger partial charge in [0.2, 0.25) is 0 Å². The monoisotopic (exact) mass is 298 g/mol. The van der Waals surface area contributed by atoms with Crippen LogP contribution in [0.1, 0.15) is 5.56 Å². The van der Waals surface area contributed by atoms with Crippen molar-refractivity contribution in [1.29, 1.82) is 0 Å². The van der Waals surface area contributed by atoms with Crippen LogP contribution in [-0.4, -0.2) is 8.42 Å². The first-order valence-corrected chi connectivity index (χ1v) is 7.12. The lowest BCUT2D eigenvalue weighted by Gasteiger charge is -2.10. The molecule has 0 radical (unpaired) electrons. The van der Waals surface area contributed by atoms with Gasteiger partial charge in [0.1, 0.15) is 11.6 Å². The van der Waals surface area contributed by atoms with Gasteiger partial charge in [-0.3, -0.25) is 4.72 Å². The van der Waals surface area contributed by atoms with Crippen LogP contribution in [0.5, 0.6) is 0 Å². The topological polar surface area (TPSA) is 72.2 Å². The fourth-order valence-electron chi connectivity index (χ4n) is 1.60. The second kappa shape index (κ2) is 5.09. The number of halogens is 2. The summed E-state index contributed by atoms with van der Waals surface area (Å²) in [5.74, 6) is -1.30. The highest BCUT2D eigenvalue weighted by atomic mass is 32.2. The molecule has 0 aromatic heterocycles. The molecule has 0 atom stereocenters. The van der Waals surface area contributed by atoms with E-state index in [0.29, 0.717) is 0 Å². The third-order valence-corrected chi connectivity index (χ3v) is 4.11. The minimum Gasteiger partial charge on any atom is -0.398 e. The number of nitrogens with one attached hydrogen (secondary N) is 1. The zero-order valence-corrected chi connectivity index (χ0v) is 11.3. The molecule has 0 saturated carbocycles. The molecule has 0 spiro atoms. The molecule has 0 fully saturated rings. The molecule has 0 saturated heterocycles. The van der Waals surface area contributed by atoms with Gasteiger partial charge in [-0.05, 0) is 37.3 Å². The van der Waals surface area contributed by atoms with Crippen LogP contribution in [0.25, 0.3) is 0 Å². The average molecular weight is 298 g/mol. The molecule has 2 aromatic rings. The van der Waals surface area contributed by atoms with E-state index >= 15 is 0 Å². The molecule has 7 heteroatoms. The fourth-order valence-corrected chi connectivity index (χ4v) is 2.69. The van der Waals surface area contributed by atoms with Gasteiger partial charge in [-0.2, -0.15) is 0 Å². The molecule has 0 heterocycles. The number of rotatable bonds is 3. The Kier molecular flexibility index (Phi) is 3.63. The van der Waals surface area contributed by atoms with Crippen LogP contribution in [-0.2, 0) is 10.0 Å². The Balaban J connectivity index is 2.41. The number of nitrogen functional groups attached to an aromatic ring is 1. The maximum Gasteiger partial charge on any atom is 0.262 e. The SMILES string of the molecule is Cc1c(N)cc(S(=O)(=O)Nc2cccc(F)c2)cc1F. The first-order chi connectivity index (χ1) is 9.29.